The third-order valence-corrected chi connectivity index (χ3v) is 6.12. The summed E-state index contributed by atoms with van der Waals surface area (Å²) in [6.07, 6.45) is 0.569. The van der Waals surface area contributed by atoms with Crippen LogP contribution >= 0.6 is 22.7 Å². The van der Waals surface area contributed by atoms with Crippen molar-refractivity contribution in [3.8, 4) is 0 Å². The van der Waals surface area contributed by atoms with Crippen molar-refractivity contribution in [2.45, 2.75) is 11.3 Å². The molecule has 0 saturated heterocycles. The molecule has 8 nitrogen and oxygen atoms in total. The van der Waals surface area contributed by atoms with Crippen molar-refractivity contribution in [2.75, 3.05) is 18.4 Å². The van der Waals surface area contributed by atoms with Crippen LogP contribution in [0.25, 0.3) is 10.2 Å². The molecule has 0 aliphatic rings. The Hall–Kier alpha value is -1.82. The van der Waals surface area contributed by atoms with Crippen LogP contribution < -0.4 is 9.60 Å². The summed E-state index contributed by atoms with van der Waals surface area (Å²) in [6, 6.07) is 4.44. The Morgan fingerprint density at radius 3 is 2.91 bits per heavy atom. The van der Waals surface area contributed by atoms with Crippen LogP contribution in [-0.4, -0.2) is 37.3 Å². The second-order valence-corrected chi connectivity index (χ2v) is 8.28. The largest absolute Gasteiger partial charge is 0.384 e. The van der Waals surface area contributed by atoms with Crippen LogP contribution in [0.5, 0.6) is 0 Å². The molecule has 0 atom stereocenters. The Morgan fingerprint density at radius 1 is 1.30 bits per heavy atom. The van der Waals surface area contributed by atoms with Crippen LogP contribution in [0.3, 0.4) is 0 Å². The number of hydrogen-bond donors (Lipinski definition) is 2. The topological polar surface area (TPSA) is 114 Å². The zero-order valence-electron chi connectivity index (χ0n) is 11.9. The van der Waals surface area contributed by atoms with Gasteiger partial charge in [-0.05, 0) is 18.2 Å². The number of benzene rings is 1. The van der Waals surface area contributed by atoms with Crippen LogP contribution in [-0.2, 0) is 21.2 Å². The molecule has 0 bridgehead atoms. The number of sulfonamides is 1. The van der Waals surface area contributed by atoms with Gasteiger partial charge in [-0.2, -0.15) is 0 Å². The van der Waals surface area contributed by atoms with E-state index >= 15 is 0 Å². The average Bonchev–Trinajstić information content (AvgIpc) is 3.08. The summed E-state index contributed by atoms with van der Waals surface area (Å²) in [5, 5.41) is 8.59. The van der Waals surface area contributed by atoms with Crippen molar-refractivity contribution in [3.63, 3.8) is 0 Å². The van der Waals surface area contributed by atoms with Gasteiger partial charge < -0.3 is 9.72 Å². The van der Waals surface area contributed by atoms with E-state index in [2.05, 4.69) is 19.9 Å². The van der Waals surface area contributed by atoms with Crippen LogP contribution in [0.1, 0.15) is 5.01 Å². The first-order valence-electron chi connectivity index (χ1n) is 6.45. The van der Waals surface area contributed by atoms with E-state index in [4.69, 9.17) is 4.74 Å². The lowest BCUT2D eigenvalue weighted by molar-refractivity contribution is 0.202. The maximum absolute atomic E-state index is 12.4. The zero-order valence-corrected chi connectivity index (χ0v) is 14.3. The molecule has 0 spiro atoms. The lowest BCUT2D eigenvalue weighted by Crippen LogP contribution is -2.12. The standard InChI is InChI=1S/C12H12N4O4S3/c1-20-5-4-10-14-15-11(22-10)16-23(18,19)7-2-3-8-9(6-7)21-12(17)13-8/h2-3,6H,4-5H2,1H3,(H,13,17)(H,15,16). The van der Waals surface area contributed by atoms with Gasteiger partial charge in [0.05, 0.1) is 21.7 Å². The molecule has 1 aromatic carbocycles. The molecule has 2 heterocycles. The fourth-order valence-electron chi connectivity index (χ4n) is 1.85. The Kier molecular flexibility index (Phi) is 4.43. The minimum atomic E-state index is -3.79. The Bertz CT molecular complexity index is 989. The number of thiazole rings is 1. The highest BCUT2D eigenvalue weighted by Gasteiger charge is 2.18. The first-order valence-corrected chi connectivity index (χ1v) is 9.56. The highest BCUT2D eigenvalue weighted by molar-refractivity contribution is 7.93. The molecule has 0 fully saturated rings. The van der Waals surface area contributed by atoms with Gasteiger partial charge in [0, 0.05) is 13.5 Å². The molecule has 0 aliphatic carbocycles. The van der Waals surface area contributed by atoms with Crippen LogP contribution in [0.4, 0.5) is 5.13 Å². The second-order valence-electron chi connectivity index (χ2n) is 4.52. The Labute approximate surface area is 139 Å². The van der Waals surface area contributed by atoms with Crippen LogP contribution in [0.15, 0.2) is 27.9 Å². The van der Waals surface area contributed by atoms with Crippen LogP contribution in [0, 0.1) is 0 Å². The van der Waals surface area contributed by atoms with Crippen LogP contribution in [0.2, 0.25) is 0 Å². The number of hydrogen-bond acceptors (Lipinski definition) is 8. The summed E-state index contributed by atoms with van der Waals surface area (Å²) in [7, 11) is -2.21. The second kappa shape index (κ2) is 6.35. The van der Waals surface area contributed by atoms with E-state index in [1.165, 1.54) is 12.1 Å². The number of nitrogens with zero attached hydrogens (tertiary/aromatic N) is 2. The number of aromatic nitrogens is 3. The predicted octanol–water partition coefficient (Wildman–Crippen LogP) is 1.43. The van der Waals surface area contributed by atoms with Crippen molar-refractivity contribution in [2.24, 2.45) is 0 Å². The van der Waals surface area contributed by atoms with Gasteiger partial charge in [0.1, 0.15) is 5.01 Å². The van der Waals surface area contributed by atoms with E-state index < -0.39 is 10.0 Å². The number of nitrogens with one attached hydrogen (secondary N) is 2. The van der Waals surface area contributed by atoms with E-state index in [1.807, 2.05) is 0 Å². The summed E-state index contributed by atoms with van der Waals surface area (Å²) < 4.78 is 32.7. The summed E-state index contributed by atoms with van der Waals surface area (Å²) in [4.78, 5) is 13.8. The molecule has 0 unspecified atom stereocenters. The molecule has 122 valence electrons. The van der Waals surface area contributed by atoms with Crippen molar-refractivity contribution in [1.29, 1.82) is 0 Å². The molecule has 11 heteroatoms. The lowest BCUT2D eigenvalue weighted by Gasteiger charge is -2.04. The summed E-state index contributed by atoms with van der Waals surface area (Å²) >= 11 is 2.12. The molecule has 3 aromatic rings. The number of H-pyrrole nitrogens is 1. The monoisotopic (exact) mass is 372 g/mol. The summed E-state index contributed by atoms with van der Waals surface area (Å²) in [5.41, 5.74) is 0.608. The van der Waals surface area contributed by atoms with E-state index in [0.29, 0.717) is 28.3 Å². The first-order chi connectivity index (χ1) is 11.0. The van der Waals surface area contributed by atoms with E-state index in [0.717, 1.165) is 22.7 Å². The minimum absolute atomic E-state index is 0.0638. The number of rotatable bonds is 6. The smallest absolute Gasteiger partial charge is 0.305 e. The van der Waals surface area contributed by atoms with Gasteiger partial charge in [-0.15, -0.1) is 10.2 Å². The summed E-state index contributed by atoms with van der Waals surface area (Å²) in [5.74, 6) is 0. The molecule has 23 heavy (non-hydrogen) atoms. The van der Waals surface area contributed by atoms with Crippen molar-refractivity contribution in [3.05, 3.63) is 32.9 Å². The van der Waals surface area contributed by atoms with Gasteiger partial charge in [-0.1, -0.05) is 22.7 Å². The number of aromatic amines is 1. The number of anilines is 1. The number of methoxy groups -OCH3 is 1. The van der Waals surface area contributed by atoms with Gasteiger partial charge >= 0.3 is 4.87 Å². The quantitative estimate of drug-likeness (QED) is 0.676. The van der Waals surface area contributed by atoms with Gasteiger partial charge in [-0.25, -0.2) is 8.42 Å². The van der Waals surface area contributed by atoms with Gasteiger partial charge in [0.15, 0.2) is 0 Å². The molecule has 0 radical (unpaired) electrons. The number of fused-ring (bicyclic) bond motifs is 1. The molecule has 0 amide bonds. The minimum Gasteiger partial charge on any atom is -0.384 e. The van der Waals surface area contributed by atoms with Gasteiger partial charge in [-0.3, -0.25) is 9.52 Å². The van der Waals surface area contributed by atoms with Crippen molar-refractivity contribution >= 4 is 48.0 Å². The maximum atomic E-state index is 12.4. The normalized spacial score (nSPS) is 11.9. The highest BCUT2D eigenvalue weighted by atomic mass is 32.2. The van der Waals surface area contributed by atoms with E-state index in [-0.39, 0.29) is 14.9 Å². The third-order valence-electron chi connectivity index (χ3n) is 2.91. The molecule has 3 rings (SSSR count). The van der Waals surface area contributed by atoms with Crippen molar-refractivity contribution < 1.29 is 13.2 Å². The highest BCUT2D eigenvalue weighted by Crippen LogP contribution is 2.23. The molecule has 0 saturated carbocycles. The van der Waals surface area contributed by atoms with Crippen molar-refractivity contribution in [1.82, 2.24) is 15.2 Å². The number of ether oxygens (including phenoxy) is 1. The first kappa shape index (κ1) is 16.1. The molecule has 2 N–H and O–H groups in total. The summed E-state index contributed by atoms with van der Waals surface area (Å²) in [6.45, 7) is 0.491. The fraction of sp³-hybridized carbons (Fsp3) is 0.250. The van der Waals surface area contributed by atoms with Gasteiger partial charge in [0.25, 0.3) is 10.0 Å². The average molecular weight is 372 g/mol. The zero-order chi connectivity index (χ0) is 16.4. The fourth-order valence-corrected chi connectivity index (χ4v) is 4.68. The molecule has 0 aliphatic heterocycles. The Morgan fingerprint density at radius 2 is 2.13 bits per heavy atom. The maximum Gasteiger partial charge on any atom is 0.305 e. The van der Waals surface area contributed by atoms with Gasteiger partial charge in [0.2, 0.25) is 5.13 Å². The SMILES string of the molecule is COCCc1nnc(NS(=O)(=O)c2ccc3[nH]c(=O)sc3c2)s1. The third kappa shape index (κ3) is 3.58. The Balaban J connectivity index is 1.84. The lowest BCUT2D eigenvalue weighted by atomic mass is 10.3. The predicted molar refractivity (Wildman–Crippen MR) is 88.7 cm³/mol. The van der Waals surface area contributed by atoms with E-state index in [1.54, 1.807) is 13.2 Å². The molecular weight excluding hydrogens is 360 g/mol. The van der Waals surface area contributed by atoms with E-state index in [9.17, 15) is 13.2 Å². The molecule has 2 aromatic heterocycles. The molecular formula is C12H12N4O4S3.